The van der Waals surface area contributed by atoms with Gasteiger partial charge < -0.3 is 5.32 Å². The zero-order valence-electron chi connectivity index (χ0n) is 22.6. The average Bonchev–Trinajstić information content (AvgIpc) is 3.37. The zero-order chi connectivity index (χ0) is 32.3. The van der Waals surface area contributed by atoms with Gasteiger partial charge in [0.1, 0.15) is 10.3 Å². The van der Waals surface area contributed by atoms with Gasteiger partial charge in [0.15, 0.2) is 0 Å². The van der Waals surface area contributed by atoms with Crippen LogP contribution in [0.2, 0.25) is 5.02 Å². The molecule has 0 aliphatic carbocycles. The van der Waals surface area contributed by atoms with Crippen LogP contribution in [-0.2, 0) is 37.4 Å². The van der Waals surface area contributed by atoms with E-state index in [0.29, 0.717) is 29.0 Å². The van der Waals surface area contributed by atoms with E-state index in [1.165, 1.54) is 37.3 Å². The molecule has 0 aliphatic heterocycles. The van der Waals surface area contributed by atoms with Crippen molar-refractivity contribution in [3.05, 3.63) is 112 Å². The molecule has 44 heavy (non-hydrogen) atoms. The third-order valence-corrected chi connectivity index (χ3v) is 11.0. The third kappa shape index (κ3) is 7.96. The van der Waals surface area contributed by atoms with Crippen LogP contribution in [0.1, 0.15) is 26.4 Å². The minimum atomic E-state index is -4.75. The number of hydrogen-bond donors (Lipinski definition) is 3. The minimum absolute atomic E-state index is 0.0893. The number of alkyl halides is 3. The summed E-state index contributed by atoms with van der Waals surface area (Å²) in [5.74, 6) is -1.92. The van der Waals surface area contributed by atoms with E-state index in [-0.39, 0.29) is 31.0 Å². The van der Waals surface area contributed by atoms with Crippen molar-refractivity contribution in [2.45, 2.75) is 34.7 Å². The van der Waals surface area contributed by atoms with Crippen LogP contribution in [-0.4, -0.2) is 34.7 Å². The van der Waals surface area contributed by atoms with E-state index < -0.39 is 55.3 Å². The van der Waals surface area contributed by atoms with Gasteiger partial charge in [-0.3, -0.25) is 14.3 Å². The van der Waals surface area contributed by atoms with Crippen molar-refractivity contribution in [2.24, 2.45) is 0 Å². The number of carbonyl (C=O) groups excluding carboxylic acids is 2. The maximum Gasteiger partial charge on any atom is 0.416 e. The van der Waals surface area contributed by atoms with Gasteiger partial charge in [-0.2, -0.15) is 13.2 Å². The normalized spacial score (nSPS) is 12.8. The molecule has 0 bridgehead atoms. The van der Waals surface area contributed by atoms with E-state index in [0.717, 1.165) is 6.07 Å². The molecule has 16 heteroatoms. The maximum atomic E-state index is 13.3. The van der Waals surface area contributed by atoms with E-state index in [4.69, 9.17) is 11.6 Å². The van der Waals surface area contributed by atoms with Crippen LogP contribution in [0.25, 0.3) is 0 Å². The standard InChI is InChI=1S/C28H23ClF3N3O6S3/c1-17-14-24(42-27(17)44(40,41)34-22-16-19(28(30,31)32)12-13-21(22)29)26(37)33-23(15-18-8-4-2-5-9-18)25(36)35-43(38,39)20-10-6-3-7-11-20/h2-14,16,23,34H,15H2,1H3,(H,33,37)(H,35,36)/t23-/m1/s1. The van der Waals surface area contributed by atoms with Gasteiger partial charge in [-0.05, 0) is 54.4 Å². The number of thiophene rings is 1. The van der Waals surface area contributed by atoms with Gasteiger partial charge >= 0.3 is 6.18 Å². The summed E-state index contributed by atoms with van der Waals surface area (Å²) in [6.07, 6.45) is -4.86. The number of halogens is 4. The predicted octanol–water partition coefficient (Wildman–Crippen LogP) is 5.38. The number of carbonyl (C=O) groups is 2. The molecule has 2 amide bonds. The van der Waals surface area contributed by atoms with Gasteiger partial charge in [-0.25, -0.2) is 21.6 Å². The Morgan fingerprint density at radius 3 is 2.11 bits per heavy atom. The summed E-state index contributed by atoms with van der Waals surface area (Å²) in [6, 6.07) is 17.6. The summed E-state index contributed by atoms with van der Waals surface area (Å²) >= 11 is 6.44. The summed E-state index contributed by atoms with van der Waals surface area (Å²) in [5.41, 5.74) is -0.955. The molecule has 0 saturated heterocycles. The summed E-state index contributed by atoms with van der Waals surface area (Å²) < 4.78 is 94.9. The number of nitrogens with one attached hydrogen (secondary N) is 3. The molecule has 4 aromatic rings. The van der Waals surface area contributed by atoms with Crippen LogP contribution in [0.4, 0.5) is 18.9 Å². The Kier molecular flexibility index (Phi) is 9.73. The summed E-state index contributed by atoms with van der Waals surface area (Å²) in [7, 11) is -8.79. The number of amides is 2. The first-order chi connectivity index (χ1) is 20.6. The maximum absolute atomic E-state index is 13.3. The van der Waals surface area contributed by atoms with Crippen molar-refractivity contribution >= 4 is 60.5 Å². The van der Waals surface area contributed by atoms with Crippen LogP contribution in [0.15, 0.2) is 94.0 Å². The molecule has 1 heterocycles. The Labute approximate surface area is 260 Å². The number of sulfonamides is 2. The smallest absolute Gasteiger partial charge is 0.339 e. The Morgan fingerprint density at radius 2 is 1.50 bits per heavy atom. The molecule has 0 aliphatic rings. The monoisotopic (exact) mass is 685 g/mol. The number of anilines is 1. The van der Waals surface area contributed by atoms with Gasteiger partial charge in [0, 0.05) is 6.42 Å². The van der Waals surface area contributed by atoms with E-state index in [9.17, 15) is 39.6 Å². The van der Waals surface area contributed by atoms with Gasteiger partial charge in [0.05, 0.1) is 26.0 Å². The van der Waals surface area contributed by atoms with Crippen LogP contribution >= 0.6 is 22.9 Å². The second-order valence-electron chi connectivity index (χ2n) is 9.38. The fourth-order valence-electron chi connectivity index (χ4n) is 3.97. The van der Waals surface area contributed by atoms with Crippen molar-refractivity contribution in [2.75, 3.05) is 4.72 Å². The molecular weight excluding hydrogens is 663 g/mol. The second-order valence-corrected chi connectivity index (χ2v) is 14.4. The van der Waals surface area contributed by atoms with Gasteiger partial charge in [0.2, 0.25) is 0 Å². The van der Waals surface area contributed by atoms with Crippen LogP contribution < -0.4 is 14.8 Å². The minimum Gasteiger partial charge on any atom is -0.339 e. The molecule has 0 radical (unpaired) electrons. The first-order valence-electron chi connectivity index (χ1n) is 12.5. The SMILES string of the molecule is Cc1cc(C(=O)N[C@H](Cc2ccccc2)C(=O)NS(=O)(=O)c2ccccc2)sc1S(=O)(=O)Nc1cc(C(F)(F)F)ccc1Cl. The summed E-state index contributed by atoms with van der Waals surface area (Å²) in [5, 5.41) is 2.18. The fraction of sp³-hybridized carbons (Fsp3) is 0.143. The van der Waals surface area contributed by atoms with Crippen molar-refractivity contribution in [3.8, 4) is 0 Å². The van der Waals surface area contributed by atoms with Gasteiger partial charge in [0.25, 0.3) is 31.9 Å². The van der Waals surface area contributed by atoms with E-state index in [1.807, 2.05) is 9.44 Å². The first-order valence-corrected chi connectivity index (χ1v) is 16.7. The van der Waals surface area contributed by atoms with Crippen molar-refractivity contribution < 1.29 is 39.6 Å². The number of aryl methyl sites for hydroxylation is 1. The topological polar surface area (TPSA) is 139 Å². The van der Waals surface area contributed by atoms with Crippen molar-refractivity contribution in [1.82, 2.24) is 10.0 Å². The van der Waals surface area contributed by atoms with Crippen molar-refractivity contribution in [1.29, 1.82) is 0 Å². The number of rotatable bonds is 10. The lowest BCUT2D eigenvalue weighted by molar-refractivity contribution is -0.137. The highest BCUT2D eigenvalue weighted by molar-refractivity contribution is 7.94. The van der Waals surface area contributed by atoms with Gasteiger partial charge in [-0.15, -0.1) is 11.3 Å². The second kappa shape index (κ2) is 13.0. The number of benzene rings is 3. The highest BCUT2D eigenvalue weighted by Crippen LogP contribution is 2.36. The molecule has 3 aromatic carbocycles. The molecule has 0 spiro atoms. The van der Waals surface area contributed by atoms with Crippen LogP contribution in [0.3, 0.4) is 0 Å². The molecular formula is C28H23ClF3N3O6S3. The van der Waals surface area contributed by atoms with E-state index in [1.54, 1.807) is 36.4 Å². The molecule has 9 nitrogen and oxygen atoms in total. The Balaban J connectivity index is 1.59. The highest BCUT2D eigenvalue weighted by Gasteiger charge is 2.32. The third-order valence-electron chi connectivity index (χ3n) is 6.07. The Hall–Kier alpha value is -3.92. The fourth-order valence-corrected chi connectivity index (χ4v) is 7.90. The molecule has 1 aromatic heterocycles. The zero-order valence-corrected chi connectivity index (χ0v) is 25.8. The summed E-state index contributed by atoms with van der Waals surface area (Å²) in [6.45, 7) is 1.37. The van der Waals surface area contributed by atoms with E-state index >= 15 is 0 Å². The lowest BCUT2D eigenvalue weighted by Crippen LogP contribution is -2.49. The highest BCUT2D eigenvalue weighted by atomic mass is 35.5. The van der Waals surface area contributed by atoms with Crippen molar-refractivity contribution in [3.63, 3.8) is 0 Å². The molecule has 0 unspecified atom stereocenters. The van der Waals surface area contributed by atoms with Crippen LogP contribution in [0.5, 0.6) is 0 Å². The lowest BCUT2D eigenvalue weighted by atomic mass is 10.1. The largest absolute Gasteiger partial charge is 0.416 e. The van der Waals surface area contributed by atoms with E-state index in [2.05, 4.69) is 5.32 Å². The molecule has 1 atom stereocenters. The Morgan fingerprint density at radius 1 is 0.886 bits per heavy atom. The molecule has 232 valence electrons. The number of hydrogen-bond acceptors (Lipinski definition) is 7. The summed E-state index contributed by atoms with van der Waals surface area (Å²) in [4.78, 5) is 26.1. The lowest BCUT2D eigenvalue weighted by Gasteiger charge is -2.18. The molecule has 4 rings (SSSR count). The average molecular weight is 686 g/mol. The quantitative estimate of drug-likeness (QED) is 0.205. The molecule has 3 N–H and O–H groups in total. The Bertz CT molecular complexity index is 1900. The van der Waals surface area contributed by atoms with Gasteiger partial charge in [-0.1, -0.05) is 60.1 Å². The molecule has 0 saturated carbocycles. The molecule has 0 fully saturated rings. The van der Waals surface area contributed by atoms with Crippen LogP contribution in [0, 0.1) is 6.92 Å². The first kappa shape index (κ1) is 33.0. The predicted molar refractivity (Wildman–Crippen MR) is 159 cm³/mol.